The fraction of sp³-hybridized carbons (Fsp3) is 0.533. The Hall–Kier alpha value is -1.75. The van der Waals surface area contributed by atoms with E-state index in [1.54, 1.807) is 6.92 Å². The van der Waals surface area contributed by atoms with Crippen LogP contribution in [-0.2, 0) is 4.79 Å². The minimum atomic E-state index is -0.465. The highest BCUT2D eigenvalue weighted by Crippen LogP contribution is 2.42. The van der Waals surface area contributed by atoms with Gasteiger partial charge in [-0.2, -0.15) is 0 Å². The van der Waals surface area contributed by atoms with Crippen molar-refractivity contribution in [3.8, 4) is 11.5 Å². The lowest BCUT2D eigenvalue weighted by Gasteiger charge is -2.29. The van der Waals surface area contributed by atoms with E-state index in [0.29, 0.717) is 13.2 Å². The minimum absolute atomic E-state index is 0.00170. The van der Waals surface area contributed by atoms with E-state index in [1.807, 2.05) is 23.1 Å². The molecule has 2 N–H and O–H groups in total. The molecule has 0 spiro atoms. The topological polar surface area (TPSA) is 64.8 Å². The molecule has 1 fully saturated rings. The van der Waals surface area contributed by atoms with E-state index in [1.165, 1.54) is 0 Å². The lowest BCUT2D eigenvalue weighted by Crippen LogP contribution is -2.41. The van der Waals surface area contributed by atoms with E-state index in [9.17, 15) is 4.79 Å². The predicted octanol–water partition coefficient (Wildman–Crippen LogP) is 1.47. The molecule has 1 aromatic rings. The average molecular weight is 276 g/mol. The number of likely N-dealkylation sites (tertiary alicyclic amines) is 1. The van der Waals surface area contributed by atoms with Crippen LogP contribution in [-0.4, -0.2) is 36.6 Å². The van der Waals surface area contributed by atoms with Gasteiger partial charge in [0, 0.05) is 12.1 Å². The molecule has 0 saturated carbocycles. The van der Waals surface area contributed by atoms with Crippen LogP contribution in [0.25, 0.3) is 0 Å². The zero-order valence-electron chi connectivity index (χ0n) is 11.7. The number of nitrogens with two attached hydrogens (primary N) is 1. The maximum atomic E-state index is 12.2. The van der Waals surface area contributed by atoms with Crippen molar-refractivity contribution in [2.75, 3.05) is 19.8 Å². The number of nitrogens with zero attached hydrogens (tertiary/aromatic N) is 1. The number of amides is 1. The first-order valence-electron chi connectivity index (χ1n) is 7.13. The summed E-state index contributed by atoms with van der Waals surface area (Å²) < 4.78 is 11.4. The minimum Gasteiger partial charge on any atom is -0.486 e. The second-order valence-electron chi connectivity index (χ2n) is 5.35. The SMILES string of the molecule is C[C@@H](N)C(=O)N1CCCC1c1cccc2c1OCCO2. The zero-order chi connectivity index (χ0) is 14.1. The van der Waals surface area contributed by atoms with Crippen LogP contribution in [0.1, 0.15) is 31.4 Å². The van der Waals surface area contributed by atoms with Gasteiger partial charge in [0.2, 0.25) is 5.91 Å². The highest BCUT2D eigenvalue weighted by molar-refractivity contribution is 5.82. The molecule has 0 bridgehead atoms. The predicted molar refractivity (Wildman–Crippen MR) is 74.8 cm³/mol. The second-order valence-corrected chi connectivity index (χ2v) is 5.35. The molecular weight excluding hydrogens is 256 g/mol. The van der Waals surface area contributed by atoms with E-state index in [0.717, 1.165) is 36.4 Å². The number of benzene rings is 1. The molecule has 3 rings (SSSR count). The zero-order valence-corrected chi connectivity index (χ0v) is 11.7. The number of hydrogen-bond donors (Lipinski definition) is 1. The van der Waals surface area contributed by atoms with E-state index >= 15 is 0 Å². The molecule has 1 aromatic carbocycles. The molecule has 0 aromatic heterocycles. The van der Waals surface area contributed by atoms with Crippen LogP contribution in [0.15, 0.2) is 18.2 Å². The maximum Gasteiger partial charge on any atom is 0.239 e. The average Bonchev–Trinajstić information content (AvgIpc) is 2.94. The van der Waals surface area contributed by atoms with Crippen LogP contribution in [0, 0.1) is 0 Å². The Balaban J connectivity index is 1.94. The number of hydrogen-bond acceptors (Lipinski definition) is 4. The summed E-state index contributed by atoms with van der Waals surface area (Å²) in [6.07, 6.45) is 1.94. The second kappa shape index (κ2) is 5.32. The van der Waals surface area contributed by atoms with Gasteiger partial charge in [0.1, 0.15) is 13.2 Å². The fourth-order valence-corrected chi connectivity index (χ4v) is 2.97. The molecule has 1 saturated heterocycles. The summed E-state index contributed by atoms with van der Waals surface area (Å²) in [6, 6.07) is 5.46. The molecular formula is C15H20N2O3. The number of fused-ring (bicyclic) bond motifs is 1. The Kier molecular flexibility index (Phi) is 3.53. The van der Waals surface area contributed by atoms with Crippen LogP contribution in [0.3, 0.4) is 0 Å². The van der Waals surface area contributed by atoms with Crippen molar-refractivity contribution in [3.63, 3.8) is 0 Å². The van der Waals surface area contributed by atoms with Gasteiger partial charge < -0.3 is 20.1 Å². The van der Waals surface area contributed by atoms with Gasteiger partial charge in [-0.25, -0.2) is 0 Å². The van der Waals surface area contributed by atoms with Crippen molar-refractivity contribution in [2.45, 2.75) is 31.8 Å². The van der Waals surface area contributed by atoms with Crippen molar-refractivity contribution >= 4 is 5.91 Å². The number of ether oxygens (including phenoxy) is 2. The molecule has 1 amide bonds. The molecule has 0 radical (unpaired) electrons. The lowest BCUT2D eigenvalue weighted by atomic mass is 10.0. The van der Waals surface area contributed by atoms with E-state index in [2.05, 4.69) is 0 Å². The molecule has 108 valence electrons. The molecule has 2 atom stereocenters. The van der Waals surface area contributed by atoms with Crippen molar-refractivity contribution in [3.05, 3.63) is 23.8 Å². The van der Waals surface area contributed by atoms with Crippen LogP contribution < -0.4 is 15.2 Å². The maximum absolute atomic E-state index is 12.2. The smallest absolute Gasteiger partial charge is 0.239 e. The van der Waals surface area contributed by atoms with Crippen molar-refractivity contribution in [1.82, 2.24) is 4.90 Å². The van der Waals surface area contributed by atoms with Crippen molar-refractivity contribution in [2.24, 2.45) is 5.73 Å². The summed E-state index contributed by atoms with van der Waals surface area (Å²) >= 11 is 0. The lowest BCUT2D eigenvalue weighted by molar-refractivity contribution is -0.133. The third-order valence-corrected chi connectivity index (χ3v) is 3.88. The van der Waals surface area contributed by atoms with Crippen LogP contribution in [0.4, 0.5) is 0 Å². The summed E-state index contributed by atoms with van der Waals surface area (Å²) in [5.74, 6) is 1.56. The van der Waals surface area contributed by atoms with Crippen LogP contribution >= 0.6 is 0 Å². The third-order valence-electron chi connectivity index (χ3n) is 3.88. The highest BCUT2D eigenvalue weighted by atomic mass is 16.6. The number of carbonyl (C=O) groups is 1. The van der Waals surface area contributed by atoms with Crippen molar-refractivity contribution < 1.29 is 14.3 Å². The van der Waals surface area contributed by atoms with Gasteiger partial charge >= 0.3 is 0 Å². The Morgan fingerprint density at radius 2 is 2.20 bits per heavy atom. The quantitative estimate of drug-likeness (QED) is 0.888. The first-order valence-corrected chi connectivity index (χ1v) is 7.13. The molecule has 20 heavy (non-hydrogen) atoms. The van der Waals surface area contributed by atoms with Crippen molar-refractivity contribution in [1.29, 1.82) is 0 Å². The normalized spacial score (nSPS) is 22.7. The van der Waals surface area contributed by atoms with Gasteiger partial charge in [0.05, 0.1) is 12.1 Å². The molecule has 2 aliphatic rings. The summed E-state index contributed by atoms with van der Waals surface area (Å²) in [4.78, 5) is 14.1. The molecule has 5 heteroatoms. The molecule has 2 heterocycles. The Morgan fingerprint density at radius 1 is 1.40 bits per heavy atom. The summed E-state index contributed by atoms with van der Waals surface area (Å²) in [5, 5.41) is 0. The highest BCUT2D eigenvalue weighted by Gasteiger charge is 2.34. The first kappa shape index (κ1) is 13.2. The van der Waals surface area contributed by atoms with Gasteiger partial charge in [0.15, 0.2) is 11.5 Å². The molecule has 1 unspecified atom stereocenters. The molecule has 0 aliphatic carbocycles. The monoisotopic (exact) mass is 276 g/mol. The fourth-order valence-electron chi connectivity index (χ4n) is 2.97. The van der Waals surface area contributed by atoms with Gasteiger partial charge in [0.25, 0.3) is 0 Å². The number of carbonyl (C=O) groups excluding carboxylic acids is 1. The van der Waals surface area contributed by atoms with Gasteiger partial charge in [-0.15, -0.1) is 0 Å². The summed E-state index contributed by atoms with van der Waals surface area (Å²) in [7, 11) is 0. The van der Waals surface area contributed by atoms with Gasteiger partial charge in [-0.3, -0.25) is 4.79 Å². The Bertz CT molecular complexity index is 516. The van der Waals surface area contributed by atoms with E-state index < -0.39 is 6.04 Å². The van der Waals surface area contributed by atoms with Crippen LogP contribution in [0.5, 0.6) is 11.5 Å². The van der Waals surface area contributed by atoms with Gasteiger partial charge in [-0.1, -0.05) is 12.1 Å². The standard InChI is InChI=1S/C15H20N2O3/c1-10(16)15(18)17-7-3-5-12(17)11-4-2-6-13-14(11)20-9-8-19-13/h2,4,6,10,12H,3,5,7-9,16H2,1H3/t10-,12?/m1/s1. The summed E-state index contributed by atoms with van der Waals surface area (Å²) in [5.41, 5.74) is 6.78. The molecule has 5 nitrogen and oxygen atoms in total. The third kappa shape index (κ3) is 2.22. The summed E-state index contributed by atoms with van der Waals surface area (Å²) in [6.45, 7) is 3.62. The van der Waals surface area contributed by atoms with Gasteiger partial charge in [-0.05, 0) is 25.8 Å². The van der Waals surface area contributed by atoms with Crippen LogP contribution in [0.2, 0.25) is 0 Å². The number of para-hydroxylation sites is 1. The largest absolute Gasteiger partial charge is 0.486 e. The Morgan fingerprint density at radius 3 is 3.00 bits per heavy atom. The van der Waals surface area contributed by atoms with E-state index in [-0.39, 0.29) is 11.9 Å². The first-order chi connectivity index (χ1) is 9.68. The number of rotatable bonds is 2. The van der Waals surface area contributed by atoms with E-state index in [4.69, 9.17) is 15.2 Å². The Labute approximate surface area is 118 Å². The molecule has 2 aliphatic heterocycles.